The zero-order chi connectivity index (χ0) is 13.4. The smallest absolute Gasteiger partial charge is 0.339 e. The third-order valence-corrected chi connectivity index (χ3v) is 4.36. The van der Waals surface area contributed by atoms with Crippen molar-refractivity contribution in [1.29, 1.82) is 0 Å². The monoisotopic (exact) mass is 263 g/mol. The zero-order valence-corrected chi connectivity index (χ0v) is 12.2. The number of aryl methyl sites for hydroxylation is 4. The summed E-state index contributed by atoms with van der Waals surface area (Å²) in [4.78, 5) is 17.6. The van der Waals surface area contributed by atoms with Gasteiger partial charge in [-0.1, -0.05) is 0 Å². The molecule has 2 heterocycles. The van der Waals surface area contributed by atoms with Crippen molar-refractivity contribution >= 4 is 27.4 Å². The molecule has 0 aliphatic carbocycles. The maximum Gasteiger partial charge on any atom is 0.339 e. The van der Waals surface area contributed by atoms with Gasteiger partial charge < -0.3 is 4.74 Å². The molecule has 0 bridgehead atoms. The van der Waals surface area contributed by atoms with Gasteiger partial charge in [0.05, 0.1) is 22.6 Å². The number of hydrogen-bond donors (Lipinski definition) is 0. The van der Waals surface area contributed by atoms with Gasteiger partial charge in [0.25, 0.3) is 0 Å². The maximum atomic E-state index is 12.1. The van der Waals surface area contributed by atoms with Crippen molar-refractivity contribution in [2.45, 2.75) is 34.6 Å². The van der Waals surface area contributed by atoms with Gasteiger partial charge in [0.2, 0.25) is 0 Å². The van der Waals surface area contributed by atoms with Crippen LogP contribution in [0, 0.1) is 27.7 Å². The average molecular weight is 263 g/mol. The van der Waals surface area contributed by atoms with E-state index in [1.54, 1.807) is 11.3 Å². The number of fused-ring (bicyclic) bond motifs is 1. The minimum atomic E-state index is -0.227. The topological polar surface area (TPSA) is 39.2 Å². The largest absolute Gasteiger partial charge is 0.462 e. The number of ether oxygens (including phenoxy) is 1. The lowest BCUT2D eigenvalue weighted by molar-refractivity contribution is 0.0528. The molecule has 2 aromatic heterocycles. The van der Waals surface area contributed by atoms with Gasteiger partial charge in [-0.2, -0.15) is 0 Å². The van der Waals surface area contributed by atoms with Crippen LogP contribution in [-0.4, -0.2) is 17.6 Å². The normalized spacial score (nSPS) is 10.9. The number of carbonyl (C=O) groups excluding carboxylic acids is 1. The number of carbonyl (C=O) groups is 1. The first kappa shape index (κ1) is 13.0. The van der Waals surface area contributed by atoms with E-state index in [4.69, 9.17) is 4.74 Å². The summed E-state index contributed by atoms with van der Waals surface area (Å²) >= 11 is 1.62. The fourth-order valence-electron chi connectivity index (χ4n) is 2.17. The molecule has 0 aliphatic rings. The van der Waals surface area contributed by atoms with Crippen LogP contribution in [0.15, 0.2) is 0 Å². The molecule has 0 aliphatic heterocycles. The molecule has 4 heteroatoms. The van der Waals surface area contributed by atoms with Gasteiger partial charge in [0, 0.05) is 16.0 Å². The summed E-state index contributed by atoms with van der Waals surface area (Å²) in [5.74, 6) is -0.227. The van der Waals surface area contributed by atoms with E-state index in [9.17, 15) is 4.79 Å². The van der Waals surface area contributed by atoms with Crippen molar-refractivity contribution in [3.05, 3.63) is 27.4 Å². The highest BCUT2D eigenvalue weighted by atomic mass is 32.1. The van der Waals surface area contributed by atoms with Crippen LogP contribution in [0.4, 0.5) is 0 Å². The highest BCUT2D eigenvalue weighted by Gasteiger charge is 2.21. The molecule has 2 rings (SSSR count). The van der Waals surface area contributed by atoms with E-state index in [0.29, 0.717) is 12.2 Å². The lowest BCUT2D eigenvalue weighted by Gasteiger charge is -2.07. The second kappa shape index (κ2) is 4.69. The third-order valence-electron chi connectivity index (χ3n) is 3.15. The molecule has 18 heavy (non-hydrogen) atoms. The maximum absolute atomic E-state index is 12.1. The molecule has 0 unspecified atom stereocenters. The lowest BCUT2D eigenvalue weighted by Crippen LogP contribution is -2.06. The molecule has 3 nitrogen and oxygen atoms in total. The van der Waals surface area contributed by atoms with E-state index in [1.807, 2.05) is 34.6 Å². The van der Waals surface area contributed by atoms with E-state index in [0.717, 1.165) is 31.9 Å². The third kappa shape index (κ3) is 1.90. The van der Waals surface area contributed by atoms with E-state index in [-0.39, 0.29) is 5.97 Å². The molecule has 0 saturated carbocycles. The number of pyridine rings is 1. The summed E-state index contributed by atoms with van der Waals surface area (Å²) in [7, 11) is 0. The Bertz CT molecular complexity index is 628. The molecule has 2 aromatic rings. The van der Waals surface area contributed by atoms with Gasteiger partial charge in [-0.05, 0) is 40.2 Å². The minimum absolute atomic E-state index is 0.227. The SMILES string of the molecule is CCOC(=O)c1c(C)sc2c(C)nc(C)c(C)c12. The summed E-state index contributed by atoms with van der Waals surface area (Å²) < 4.78 is 6.25. The number of hydrogen-bond acceptors (Lipinski definition) is 4. The van der Waals surface area contributed by atoms with Crippen LogP contribution >= 0.6 is 11.3 Å². The molecule has 0 saturated heterocycles. The Kier molecular flexibility index (Phi) is 3.39. The van der Waals surface area contributed by atoms with Crippen LogP contribution in [0.3, 0.4) is 0 Å². The van der Waals surface area contributed by atoms with Gasteiger partial charge in [-0.25, -0.2) is 4.79 Å². The number of thiophene rings is 1. The molecule has 0 spiro atoms. The summed E-state index contributed by atoms with van der Waals surface area (Å²) in [5.41, 5.74) is 3.74. The average Bonchev–Trinajstić information content (AvgIpc) is 2.65. The number of aromatic nitrogens is 1. The summed E-state index contributed by atoms with van der Waals surface area (Å²) in [6, 6.07) is 0. The standard InChI is InChI=1S/C14H17NO2S/c1-6-17-14(16)12-10(5)18-13-9(4)15-8(3)7(2)11(12)13/h6H2,1-5H3. The fraction of sp³-hybridized carbons (Fsp3) is 0.429. The second-order valence-corrected chi connectivity index (χ2v) is 5.59. The lowest BCUT2D eigenvalue weighted by atomic mass is 10.0. The Hall–Kier alpha value is -1.42. The molecule has 0 amide bonds. The predicted octanol–water partition coefficient (Wildman–Crippen LogP) is 3.71. The zero-order valence-electron chi connectivity index (χ0n) is 11.4. The molecule has 96 valence electrons. The van der Waals surface area contributed by atoms with Gasteiger partial charge in [0.1, 0.15) is 0 Å². The summed E-state index contributed by atoms with van der Waals surface area (Å²) in [6.45, 7) is 10.2. The van der Waals surface area contributed by atoms with E-state index in [1.165, 1.54) is 0 Å². The van der Waals surface area contributed by atoms with Crippen molar-refractivity contribution in [3.8, 4) is 0 Å². The van der Waals surface area contributed by atoms with Crippen LogP contribution in [0.2, 0.25) is 0 Å². The van der Waals surface area contributed by atoms with Crippen LogP contribution in [0.25, 0.3) is 10.1 Å². The van der Waals surface area contributed by atoms with Crippen LogP contribution in [0.5, 0.6) is 0 Å². The molecular formula is C14H17NO2S. The van der Waals surface area contributed by atoms with Crippen molar-refractivity contribution in [2.24, 2.45) is 0 Å². The van der Waals surface area contributed by atoms with Gasteiger partial charge >= 0.3 is 5.97 Å². The van der Waals surface area contributed by atoms with Crippen molar-refractivity contribution < 1.29 is 9.53 Å². The van der Waals surface area contributed by atoms with Crippen molar-refractivity contribution in [1.82, 2.24) is 4.98 Å². The molecule has 0 atom stereocenters. The first-order valence-electron chi connectivity index (χ1n) is 6.01. The van der Waals surface area contributed by atoms with E-state index < -0.39 is 0 Å². The Morgan fingerprint density at radius 3 is 2.50 bits per heavy atom. The van der Waals surface area contributed by atoms with Crippen molar-refractivity contribution in [3.63, 3.8) is 0 Å². The first-order valence-corrected chi connectivity index (χ1v) is 6.83. The van der Waals surface area contributed by atoms with Crippen LogP contribution < -0.4 is 0 Å². The summed E-state index contributed by atoms with van der Waals surface area (Å²) in [5, 5.41) is 1.01. The Morgan fingerprint density at radius 1 is 1.22 bits per heavy atom. The quantitative estimate of drug-likeness (QED) is 0.775. The van der Waals surface area contributed by atoms with Gasteiger partial charge in [0.15, 0.2) is 0 Å². The number of esters is 1. The number of rotatable bonds is 2. The fourth-order valence-corrected chi connectivity index (χ4v) is 3.32. The molecule has 0 N–H and O–H groups in total. The van der Waals surface area contributed by atoms with Crippen LogP contribution in [0.1, 0.15) is 39.1 Å². The predicted molar refractivity (Wildman–Crippen MR) is 74.5 cm³/mol. The molecule has 0 radical (unpaired) electrons. The first-order chi connectivity index (χ1) is 8.47. The highest BCUT2D eigenvalue weighted by Crippen LogP contribution is 2.35. The van der Waals surface area contributed by atoms with E-state index >= 15 is 0 Å². The Balaban J connectivity index is 2.81. The summed E-state index contributed by atoms with van der Waals surface area (Å²) in [6.07, 6.45) is 0. The Labute approximate surface area is 111 Å². The second-order valence-electron chi connectivity index (χ2n) is 4.37. The number of nitrogens with zero attached hydrogens (tertiary/aromatic N) is 1. The highest BCUT2D eigenvalue weighted by molar-refractivity contribution is 7.19. The molecule has 0 aromatic carbocycles. The van der Waals surface area contributed by atoms with E-state index in [2.05, 4.69) is 4.98 Å². The van der Waals surface area contributed by atoms with Gasteiger partial charge in [-0.15, -0.1) is 11.3 Å². The molecule has 0 fully saturated rings. The van der Waals surface area contributed by atoms with Gasteiger partial charge in [-0.3, -0.25) is 4.98 Å². The molecular weight excluding hydrogens is 246 g/mol. The Morgan fingerprint density at radius 2 is 1.89 bits per heavy atom. The van der Waals surface area contributed by atoms with Crippen LogP contribution in [-0.2, 0) is 4.74 Å². The minimum Gasteiger partial charge on any atom is -0.462 e. The van der Waals surface area contributed by atoms with Crippen molar-refractivity contribution in [2.75, 3.05) is 6.61 Å².